The van der Waals surface area contributed by atoms with Crippen LogP contribution in [0.15, 0.2) is 23.1 Å². The Balaban J connectivity index is 2.39. The standard InChI is InChI=1S/C24H23ClF3N3O5/c1-6-35-22(33)11-9-31(20-16(21(11)32)10(2)18(28)19(29)17(20)25)15-8-14(12(26)7-13(15)27)30-23(34)36-24(3,4)5/h7-9H,6,29H2,1-5H3,(H,30,34). The van der Waals surface area contributed by atoms with E-state index in [2.05, 4.69) is 5.32 Å². The Bertz CT molecular complexity index is 1460. The fourth-order valence-electron chi connectivity index (χ4n) is 3.49. The summed E-state index contributed by atoms with van der Waals surface area (Å²) in [6.45, 7) is 7.44. The average molecular weight is 526 g/mol. The van der Waals surface area contributed by atoms with Crippen molar-refractivity contribution in [1.82, 2.24) is 4.57 Å². The summed E-state index contributed by atoms with van der Waals surface area (Å²) in [5, 5.41) is 1.38. The number of nitrogens with zero attached hydrogens (tertiary/aromatic N) is 1. The molecule has 1 amide bonds. The predicted octanol–water partition coefficient (Wildman–Crippen LogP) is 5.48. The highest BCUT2D eigenvalue weighted by Crippen LogP contribution is 2.36. The molecule has 12 heteroatoms. The maximum atomic E-state index is 15.1. The minimum absolute atomic E-state index is 0.0823. The molecule has 0 fully saturated rings. The number of anilines is 2. The first-order valence-corrected chi connectivity index (χ1v) is 11.0. The van der Waals surface area contributed by atoms with E-state index in [9.17, 15) is 23.2 Å². The maximum Gasteiger partial charge on any atom is 0.412 e. The van der Waals surface area contributed by atoms with Crippen molar-refractivity contribution in [1.29, 1.82) is 0 Å². The van der Waals surface area contributed by atoms with Crippen molar-refractivity contribution < 1.29 is 32.2 Å². The van der Waals surface area contributed by atoms with Crippen molar-refractivity contribution >= 4 is 45.9 Å². The first kappa shape index (κ1) is 26.9. The molecule has 2 aromatic carbocycles. The number of aromatic nitrogens is 1. The van der Waals surface area contributed by atoms with Gasteiger partial charge in [0.05, 0.1) is 39.6 Å². The highest BCUT2D eigenvalue weighted by Gasteiger charge is 2.26. The minimum Gasteiger partial charge on any atom is -0.462 e. The fraction of sp³-hybridized carbons (Fsp3) is 0.292. The number of nitrogens with two attached hydrogens (primary N) is 1. The van der Waals surface area contributed by atoms with E-state index in [0.717, 1.165) is 16.8 Å². The van der Waals surface area contributed by atoms with Gasteiger partial charge in [-0.25, -0.2) is 22.8 Å². The predicted molar refractivity (Wildman–Crippen MR) is 129 cm³/mol. The van der Waals surface area contributed by atoms with Gasteiger partial charge in [0.1, 0.15) is 22.8 Å². The van der Waals surface area contributed by atoms with Gasteiger partial charge in [0.15, 0.2) is 5.82 Å². The van der Waals surface area contributed by atoms with E-state index in [1.165, 1.54) is 13.8 Å². The van der Waals surface area contributed by atoms with Gasteiger partial charge in [-0.1, -0.05) is 11.6 Å². The Hall–Kier alpha value is -3.73. The van der Waals surface area contributed by atoms with Gasteiger partial charge in [-0.05, 0) is 40.7 Å². The molecule has 3 N–H and O–H groups in total. The summed E-state index contributed by atoms with van der Waals surface area (Å²) in [6, 6.07) is 1.38. The molecule has 0 aliphatic heterocycles. The summed E-state index contributed by atoms with van der Waals surface area (Å²) in [7, 11) is 0. The third kappa shape index (κ3) is 4.97. The number of hydrogen-bond acceptors (Lipinski definition) is 6. The molecule has 0 saturated heterocycles. The van der Waals surface area contributed by atoms with Crippen LogP contribution in [-0.2, 0) is 9.47 Å². The number of esters is 1. The molecule has 0 unspecified atom stereocenters. The normalized spacial score (nSPS) is 11.5. The van der Waals surface area contributed by atoms with Crippen LogP contribution in [0.5, 0.6) is 0 Å². The van der Waals surface area contributed by atoms with Crippen molar-refractivity contribution in [3.8, 4) is 5.69 Å². The lowest BCUT2D eigenvalue weighted by atomic mass is 10.0. The molecule has 1 aromatic heterocycles. The monoisotopic (exact) mass is 525 g/mol. The van der Waals surface area contributed by atoms with E-state index < -0.39 is 68.2 Å². The Kier molecular flexibility index (Phi) is 7.26. The molecule has 36 heavy (non-hydrogen) atoms. The number of amides is 1. The van der Waals surface area contributed by atoms with Gasteiger partial charge >= 0.3 is 12.1 Å². The number of nitrogens with one attached hydrogen (secondary N) is 1. The molecule has 0 atom stereocenters. The highest BCUT2D eigenvalue weighted by atomic mass is 35.5. The topological polar surface area (TPSA) is 113 Å². The quantitative estimate of drug-likeness (QED) is 0.345. The van der Waals surface area contributed by atoms with Crippen LogP contribution in [-0.4, -0.2) is 28.8 Å². The number of carbonyl (C=O) groups is 2. The van der Waals surface area contributed by atoms with Crippen LogP contribution in [0, 0.1) is 24.4 Å². The van der Waals surface area contributed by atoms with Gasteiger partial charge in [0.25, 0.3) is 0 Å². The van der Waals surface area contributed by atoms with Crippen molar-refractivity contribution in [3.05, 3.63) is 62.2 Å². The second-order valence-electron chi connectivity index (χ2n) is 8.76. The van der Waals surface area contributed by atoms with Crippen molar-refractivity contribution in [3.63, 3.8) is 0 Å². The molecular weight excluding hydrogens is 503 g/mol. The summed E-state index contributed by atoms with van der Waals surface area (Å²) < 4.78 is 55.3. The van der Waals surface area contributed by atoms with Crippen LogP contribution in [0.1, 0.15) is 43.6 Å². The van der Waals surface area contributed by atoms with Crippen LogP contribution in [0.25, 0.3) is 16.6 Å². The van der Waals surface area contributed by atoms with Gasteiger partial charge in [-0.15, -0.1) is 0 Å². The lowest BCUT2D eigenvalue weighted by Crippen LogP contribution is -2.27. The van der Waals surface area contributed by atoms with E-state index in [1.807, 2.05) is 0 Å². The number of fused-ring (bicyclic) bond motifs is 1. The first-order chi connectivity index (χ1) is 16.7. The number of ether oxygens (including phenoxy) is 2. The second kappa shape index (κ2) is 9.73. The van der Waals surface area contributed by atoms with Crippen molar-refractivity contribution in [2.24, 2.45) is 0 Å². The Morgan fingerprint density at radius 2 is 1.81 bits per heavy atom. The summed E-state index contributed by atoms with van der Waals surface area (Å²) >= 11 is 6.28. The van der Waals surface area contributed by atoms with Gasteiger partial charge in [0, 0.05) is 17.8 Å². The summed E-state index contributed by atoms with van der Waals surface area (Å²) in [6.07, 6.45) is -0.0880. The minimum atomic E-state index is -1.15. The van der Waals surface area contributed by atoms with Crippen LogP contribution in [0.3, 0.4) is 0 Å². The summed E-state index contributed by atoms with van der Waals surface area (Å²) in [5.41, 5.74) is 1.46. The van der Waals surface area contributed by atoms with E-state index in [1.54, 1.807) is 20.8 Å². The zero-order chi connectivity index (χ0) is 27.1. The van der Waals surface area contributed by atoms with Crippen molar-refractivity contribution in [2.45, 2.75) is 40.2 Å². The highest BCUT2D eigenvalue weighted by molar-refractivity contribution is 6.38. The number of halogens is 4. The van der Waals surface area contributed by atoms with Gasteiger partial charge in [0.2, 0.25) is 5.43 Å². The molecule has 0 saturated carbocycles. The van der Waals surface area contributed by atoms with Crippen LogP contribution < -0.4 is 16.5 Å². The Labute approximate surface area is 208 Å². The SMILES string of the molecule is CCOC(=O)c1cn(-c2cc(NC(=O)OC(C)(C)C)c(F)cc2F)c2c(Cl)c(N)c(F)c(C)c2c1=O. The molecule has 3 rings (SSSR count). The Morgan fingerprint density at radius 1 is 1.17 bits per heavy atom. The zero-order valence-corrected chi connectivity index (χ0v) is 20.8. The van der Waals surface area contributed by atoms with E-state index in [4.69, 9.17) is 26.8 Å². The van der Waals surface area contributed by atoms with Crippen LogP contribution in [0.2, 0.25) is 5.02 Å². The maximum absolute atomic E-state index is 15.1. The smallest absolute Gasteiger partial charge is 0.412 e. The van der Waals surface area contributed by atoms with Crippen LogP contribution >= 0.6 is 11.6 Å². The molecule has 0 bridgehead atoms. The number of carbonyl (C=O) groups excluding carboxylic acids is 2. The molecule has 0 spiro atoms. The average Bonchev–Trinajstić information content (AvgIpc) is 2.76. The number of rotatable bonds is 4. The van der Waals surface area contributed by atoms with Gasteiger partial charge in [-0.3, -0.25) is 10.1 Å². The Morgan fingerprint density at radius 3 is 2.39 bits per heavy atom. The second-order valence-corrected chi connectivity index (χ2v) is 9.14. The summed E-state index contributed by atoms with van der Waals surface area (Å²) in [5.74, 6) is -4.34. The number of hydrogen-bond donors (Lipinski definition) is 2. The van der Waals surface area contributed by atoms with Gasteiger partial charge < -0.3 is 19.8 Å². The van der Waals surface area contributed by atoms with E-state index in [0.29, 0.717) is 6.07 Å². The molecular formula is C24H23ClF3N3O5. The third-order valence-electron chi connectivity index (χ3n) is 5.02. The molecule has 1 heterocycles. The first-order valence-electron chi connectivity index (χ1n) is 10.7. The van der Waals surface area contributed by atoms with E-state index in [-0.39, 0.29) is 23.1 Å². The largest absolute Gasteiger partial charge is 0.462 e. The number of nitrogen functional groups attached to an aromatic ring is 1. The number of benzene rings is 2. The molecule has 0 aliphatic rings. The van der Waals surface area contributed by atoms with Gasteiger partial charge in [-0.2, -0.15) is 0 Å². The zero-order valence-electron chi connectivity index (χ0n) is 20.0. The molecule has 8 nitrogen and oxygen atoms in total. The third-order valence-corrected chi connectivity index (χ3v) is 5.40. The lowest BCUT2D eigenvalue weighted by molar-refractivity contribution is 0.0523. The number of pyridine rings is 1. The summed E-state index contributed by atoms with van der Waals surface area (Å²) in [4.78, 5) is 37.8. The molecule has 192 valence electrons. The molecule has 3 aromatic rings. The molecule has 0 aliphatic carbocycles. The fourth-order valence-corrected chi connectivity index (χ4v) is 3.76. The van der Waals surface area contributed by atoms with Crippen molar-refractivity contribution in [2.75, 3.05) is 17.7 Å². The number of aryl methyl sites for hydroxylation is 1. The van der Waals surface area contributed by atoms with Crippen LogP contribution in [0.4, 0.5) is 29.3 Å². The molecule has 0 radical (unpaired) electrons. The van der Waals surface area contributed by atoms with E-state index >= 15 is 4.39 Å². The lowest BCUT2D eigenvalue weighted by Gasteiger charge is -2.21.